The van der Waals surface area contributed by atoms with Crippen molar-refractivity contribution in [3.05, 3.63) is 18.6 Å². The van der Waals surface area contributed by atoms with Crippen molar-refractivity contribution in [1.29, 1.82) is 0 Å². The van der Waals surface area contributed by atoms with Crippen molar-refractivity contribution >= 4 is 16.9 Å². The maximum atomic E-state index is 6.53. The van der Waals surface area contributed by atoms with Crippen molar-refractivity contribution in [1.82, 2.24) is 14.5 Å². The number of aromatic nitrogens is 3. The third-order valence-electron chi connectivity index (χ3n) is 5.59. The van der Waals surface area contributed by atoms with Crippen molar-refractivity contribution in [2.75, 3.05) is 26.6 Å². The number of rotatable bonds is 4. The first-order valence-electron chi connectivity index (χ1n) is 8.10. The van der Waals surface area contributed by atoms with Crippen molar-refractivity contribution in [3.8, 4) is 0 Å². The second-order valence-corrected chi connectivity index (χ2v) is 6.79. The summed E-state index contributed by atoms with van der Waals surface area (Å²) in [6, 6.07) is 1.74. The molecule has 5 rings (SSSR count). The van der Waals surface area contributed by atoms with Crippen LogP contribution in [0.3, 0.4) is 0 Å². The molecular weight excluding hydrogens is 312 g/mol. The molecule has 2 aromatic rings. The zero-order valence-electron chi connectivity index (χ0n) is 13.6. The van der Waals surface area contributed by atoms with E-state index in [-0.39, 0.29) is 24.0 Å². The van der Waals surface area contributed by atoms with Gasteiger partial charge in [0.1, 0.15) is 23.3 Å². The van der Waals surface area contributed by atoms with Crippen LogP contribution in [0.4, 0.5) is 5.69 Å². The first-order valence-corrected chi connectivity index (χ1v) is 8.10. The van der Waals surface area contributed by atoms with Crippen molar-refractivity contribution in [2.45, 2.75) is 42.5 Å². The van der Waals surface area contributed by atoms with Crippen LogP contribution in [0, 0.1) is 0 Å². The molecule has 24 heavy (non-hydrogen) atoms. The summed E-state index contributed by atoms with van der Waals surface area (Å²) in [4.78, 5) is 8.80. The number of nitrogen functional groups attached to an aromatic ring is 1. The monoisotopic (exact) mass is 332 g/mol. The summed E-state index contributed by atoms with van der Waals surface area (Å²) >= 11 is 0. The Morgan fingerprint density at radius 3 is 2.88 bits per heavy atom. The zero-order chi connectivity index (χ0) is 16.5. The van der Waals surface area contributed by atoms with Gasteiger partial charge in [0.05, 0.1) is 18.6 Å². The number of hydrogen-bond acceptors (Lipinski definition) is 7. The predicted octanol–water partition coefficient (Wildman–Crippen LogP) is 0.874. The fourth-order valence-electron chi connectivity index (χ4n) is 4.41. The van der Waals surface area contributed by atoms with E-state index in [9.17, 15) is 0 Å². The van der Waals surface area contributed by atoms with E-state index in [1.807, 2.05) is 4.57 Å². The quantitative estimate of drug-likeness (QED) is 0.888. The topological polar surface area (TPSA) is 93.7 Å². The summed E-state index contributed by atoms with van der Waals surface area (Å²) in [5.41, 5.74) is 7.06. The predicted molar refractivity (Wildman–Crippen MR) is 84.3 cm³/mol. The Morgan fingerprint density at radius 2 is 2.17 bits per heavy atom. The summed E-state index contributed by atoms with van der Waals surface area (Å²) < 4.78 is 26.1. The normalized spacial score (nSPS) is 36.0. The van der Waals surface area contributed by atoms with Crippen LogP contribution in [0.2, 0.25) is 0 Å². The lowest BCUT2D eigenvalue weighted by Crippen LogP contribution is -2.53. The Morgan fingerprint density at radius 1 is 1.33 bits per heavy atom. The number of methoxy groups -OCH3 is 2. The van der Waals surface area contributed by atoms with Gasteiger partial charge in [-0.15, -0.1) is 0 Å². The number of nitrogens with two attached hydrogens (primary N) is 1. The van der Waals surface area contributed by atoms with E-state index in [1.54, 1.807) is 32.8 Å². The minimum absolute atomic E-state index is 0.191. The maximum Gasteiger partial charge on any atom is 0.166 e. The van der Waals surface area contributed by atoms with Gasteiger partial charge in [0.15, 0.2) is 17.5 Å². The van der Waals surface area contributed by atoms with E-state index in [1.165, 1.54) is 0 Å². The minimum atomic E-state index is -0.594. The molecule has 4 atom stereocenters. The standard InChI is InChI=1S/C16H20N4O4/c1-21-7-16-12(22-2)11(23-15(16)4-5-15)14(24-16)20-8-19-10-9(17)3-6-18-13(10)20/h3,6,8,11-12,14H,4-5,7H2,1-2H3,(H2,17,18)/t11-,12?,14+,16+/m0/s1. The summed E-state index contributed by atoms with van der Waals surface area (Å²) in [7, 11) is 3.37. The average molecular weight is 332 g/mol. The number of hydrogen-bond donors (Lipinski definition) is 1. The van der Waals surface area contributed by atoms with Crippen LogP contribution in [-0.4, -0.2) is 58.8 Å². The SMILES string of the molecule is COC[C@]12O[C@@H](n3cnc4c(N)ccnc43)[C@@H](OC13CC3)C2OC. The van der Waals surface area contributed by atoms with Crippen LogP contribution >= 0.6 is 0 Å². The zero-order valence-corrected chi connectivity index (χ0v) is 13.6. The van der Waals surface area contributed by atoms with Crippen LogP contribution in [-0.2, 0) is 18.9 Å². The molecule has 0 amide bonds. The van der Waals surface area contributed by atoms with Crippen LogP contribution in [0.25, 0.3) is 11.2 Å². The molecule has 4 heterocycles. The van der Waals surface area contributed by atoms with Gasteiger partial charge in [0.25, 0.3) is 0 Å². The molecule has 2 saturated heterocycles. The second kappa shape index (κ2) is 4.66. The van der Waals surface area contributed by atoms with E-state index in [4.69, 9.17) is 24.7 Å². The Labute approximate surface area is 138 Å². The molecule has 0 radical (unpaired) electrons. The van der Waals surface area contributed by atoms with Gasteiger partial charge in [-0.25, -0.2) is 9.97 Å². The number of anilines is 1. The molecule has 2 aliphatic heterocycles. The van der Waals surface area contributed by atoms with Crippen LogP contribution in [0.1, 0.15) is 19.1 Å². The molecule has 1 aliphatic carbocycles. The fraction of sp³-hybridized carbons (Fsp3) is 0.625. The Bertz CT molecular complexity index is 804. The molecule has 1 saturated carbocycles. The lowest BCUT2D eigenvalue weighted by Gasteiger charge is -2.38. The van der Waals surface area contributed by atoms with Gasteiger partial charge in [-0.1, -0.05) is 0 Å². The average Bonchev–Trinajstić information content (AvgIpc) is 3.00. The molecule has 8 nitrogen and oxygen atoms in total. The highest BCUT2D eigenvalue weighted by molar-refractivity contribution is 5.83. The van der Waals surface area contributed by atoms with E-state index >= 15 is 0 Å². The highest BCUT2D eigenvalue weighted by Gasteiger charge is 2.79. The summed E-state index contributed by atoms with van der Waals surface area (Å²) in [6.45, 7) is 0.431. The fourth-order valence-corrected chi connectivity index (χ4v) is 4.41. The van der Waals surface area contributed by atoms with Crippen molar-refractivity contribution < 1.29 is 18.9 Å². The third kappa shape index (κ3) is 1.57. The summed E-state index contributed by atoms with van der Waals surface area (Å²) in [6.07, 6.45) is 4.53. The molecule has 1 unspecified atom stereocenters. The molecule has 2 aromatic heterocycles. The molecule has 0 aromatic carbocycles. The lowest BCUT2D eigenvalue weighted by molar-refractivity contribution is -0.236. The van der Waals surface area contributed by atoms with Gasteiger partial charge in [-0.05, 0) is 18.9 Å². The molecule has 3 fully saturated rings. The van der Waals surface area contributed by atoms with E-state index in [2.05, 4.69) is 9.97 Å². The van der Waals surface area contributed by atoms with E-state index in [0.29, 0.717) is 23.5 Å². The largest absolute Gasteiger partial charge is 0.397 e. The maximum absolute atomic E-state index is 6.53. The molecular formula is C16H20N4O4. The second-order valence-electron chi connectivity index (χ2n) is 6.79. The van der Waals surface area contributed by atoms with Crippen LogP contribution < -0.4 is 5.73 Å². The van der Waals surface area contributed by atoms with Crippen molar-refractivity contribution in [3.63, 3.8) is 0 Å². The molecule has 128 valence electrons. The number of fused-ring (bicyclic) bond motifs is 4. The molecule has 3 aliphatic rings. The highest BCUT2D eigenvalue weighted by Crippen LogP contribution is 2.65. The van der Waals surface area contributed by atoms with Gasteiger partial charge >= 0.3 is 0 Å². The van der Waals surface area contributed by atoms with Crippen LogP contribution in [0.15, 0.2) is 18.6 Å². The number of pyridine rings is 1. The lowest BCUT2D eigenvalue weighted by atomic mass is 9.91. The Kier molecular flexibility index (Phi) is 2.83. The minimum Gasteiger partial charge on any atom is -0.397 e. The van der Waals surface area contributed by atoms with Crippen molar-refractivity contribution in [2.24, 2.45) is 0 Å². The van der Waals surface area contributed by atoms with Gasteiger partial charge < -0.3 is 24.7 Å². The first kappa shape index (κ1) is 14.6. The highest BCUT2D eigenvalue weighted by atomic mass is 16.7. The Balaban J connectivity index is 1.60. The number of nitrogens with zero attached hydrogens (tertiary/aromatic N) is 3. The van der Waals surface area contributed by atoms with Crippen LogP contribution in [0.5, 0.6) is 0 Å². The van der Waals surface area contributed by atoms with Gasteiger partial charge in [-0.2, -0.15) is 0 Å². The van der Waals surface area contributed by atoms with E-state index in [0.717, 1.165) is 12.8 Å². The molecule has 2 bridgehead atoms. The third-order valence-corrected chi connectivity index (χ3v) is 5.59. The van der Waals surface area contributed by atoms with Gasteiger partial charge in [0.2, 0.25) is 0 Å². The Hall–Kier alpha value is -1.74. The first-order chi connectivity index (χ1) is 11.7. The summed E-state index contributed by atoms with van der Waals surface area (Å²) in [5.74, 6) is 0. The molecule has 8 heteroatoms. The van der Waals surface area contributed by atoms with Gasteiger partial charge in [-0.3, -0.25) is 4.57 Å². The number of ether oxygens (including phenoxy) is 4. The van der Waals surface area contributed by atoms with E-state index < -0.39 is 5.60 Å². The smallest absolute Gasteiger partial charge is 0.166 e. The summed E-state index contributed by atoms with van der Waals surface area (Å²) in [5, 5.41) is 0. The molecule has 1 spiro atoms. The molecule has 2 N–H and O–H groups in total. The van der Waals surface area contributed by atoms with Gasteiger partial charge in [0, 0.05) is 20.4 Å². The number of imidazole rings is 1.